The van der Waals surface area contributed by atoms with Crippen molar-refractivity contribution in [3.63, 3.8) is 0 Å². The predicted octanol–water partition coefficient (Wildman–Crippen LogP) is 0.803. The predicted molar refractivity (Wildman–Crippen MR) is 42.9 cm³/mol. The molecule has 1 aliphatic rings. The van der Waals surface area contributed by atoms with Gasteiger partial charge < -0.3 is 9.64 Å². The SMILES string of the molecule is CO[C@@H]1CCCN1/C=C/[N+](=O)[O-]. The van der Waals surface area contributed by atoms with Crippen molar-refractivity contribution in [1.82, 2.24) is 4.90 Å². The molecule has 5 nitrogen and oxygen atoms in total. The fourth-order valence-corrected chi connectivity index (χ4v) is 1.32. The lowest BCUT2D eigenvalue weighted by Gasteiger charge is -2.19. The van der Waals surface area contributed by atoms with Crippen LogP contribution in [0.2, 0.25) is 0 Å². The largest absolute Gasteiger partial charge is 0.362 e. The standard InChI is InChI=1S/C7H12N2O3/c1-12-7-3-2-4-8(7)5-6-9(10)11/h5-7H,2-4H2,1H3/b6-5+/t7-/m1/s1. The van der Waals surface area contributed by atoms with Crippen molar-refractivity contribution in [2.75, 3.05) is 13.7 Å². The van der Waals surface area contributed by atoms with Crippen LogP contribution < -0.4 is 0 Å². The molecule has 1 aliphatic heterocycles. The Kier molecular flexibility index (Phi) is 3.04. The summed E-state index contributed by atoms with van der Waals surface area (Å²) in [7, 11) is 1.61. The van der Waals surface area contributed by atoms with Gasteiger partial charge >= 0.3 is 0 Å². The number of methoxy groups -OCH3 is 1. The van der Waals surface area contributed by atoms with E-state index in [9.17, 15) is 10.1 Å². The minimum absolute atomic E-state index is 0.0150. The molecule has 5 heteroatoms. The monoisotopic (exact) mass is 172 g/mol. The minimum Gasteiger partial charge on any atom is -0.362 e. The van der Waals surface area contributed by atoms with Gasteiger partial charge in [0.15, 0.2) is 0 Å². The van der Waals surface area contributed by atoms with E-state index >= 15 is 0 Å². The highest BCUT2D eigenvalue weighted by molar-refractivity contribution is 4.82. The number of hydrogen-bond acceptors (Lipinski definition) is 4. The average Bonchev–Trinajstić information content (AvgIpc) is 2.47. The number of nitro groups is 1. The second-order valence-corrected chi connectivity index (χ2v) is 2.65. The maximum atomic E-state index is 10.0. The van der Waals surface area contributed by atoms with Crippen LogP contribution >= 0.6 is 0 Å². The maximum absolute atomic E-state index is 10.0. The Morgan fingerprint density at radius 2 is 2.50 bits per heavy atom. The molecule has 0 radical (unpaired) electrons. The summed E-state index contributed by atoms with van der Waals surface area (Å²) in [5.74, 6) is 0. The summed E-state index contributed by atoms with van der Waals surface area (Å²) in [5, 5.41) is 10.0. The molecular weight excluding hydrogens is 160 g/mol. The van der Waals surface area contributed by atoms with Crippen molar-refractivity contribution in [3.05, 3.63) is 22.5 Å². The van der Waals surface area contributed by atoms with E-state index in [4.69, 9.17) is 4.74 Å². The molecule has 1 fully saturated rings. The van der Waals surface area contributed by atoms with Gasteiger partial charge in [-0.1, -0.05) is 0 Å². The summed E-state index contributed by atoms with van der Waals surface area (Å²) < 4.78 is 5.11. The van der Waals surface area contributed by atoms with Crippen LogP contribution in [0.15, 0.2) is 12.4 Å². The van der Waals surface area contributed by atoms with E-state index in [0.717, 1.165) is 25.6 Å². The molecule has 1 rings (SSSR count). The maximum Gasteiger partial charge on any atom is 0.250 e. The van der Waals surface area contributed by atoms with E-state index in [2.05, 4.69) is 0 Å². The van der Waals surface area contributed by atoms with Crippen molar-refractivity contribution in [1.29, 1.82) is 0 Å². The molecule has 0 bridgehead atoms. The van der Waals surface area contributed by atoms with Gasteiger partial charge in [0.1, 0.15) is 6.23 Å². The second kappa shape index (κ2) is 4.06. The number of ether oxygens (including phenoxy) is 1. The van der Waals surface area contributed by atoms with Crippen LogP contribution in [0.4, 0.5) is 0 Å². The van der Waals surface area contributed by atoms with Crippen LogP contribution in [0.5, 0.6) is 0 Å². The van der Waals surface area contributed by atoms with Gasteiger partial charge in [-0.2, -0.15) is 0 Å². The molecule has 68 valence electrons. The van der Waals surface area contributed by atoms with E-state index in [1.54, 1.807) is 7.11 Å². The summed E-state index contributed by atoms with van der Waals surface area (Å²) in [4.78, 5) is 11.4. The molecule has 1 saturated heterocycles. The summed E-state index contributed by atoms with van der Waals surface area (Å²) in [6.07, 6.45) is 4.40. The first-order valence-corrected chi connectivity index (χ1v) is 3.84. The fourth-order valence-electron chi connectivity index (χ4n) is 1.32. The zero-order valence-electron chi connectivity index (χ0n) is 6.97. The Bertz CT molecular complexity index is 193. The highest BCUT2D eigenvalue weighted by Gasteiger charge is 2.21. The molecule has 12 heavy (non-hydrogen) atoms. The molecule has 1 heterocycles. The summed E-state index contributed by atoms with van der Waals surface area (Å²) in [5.41, 5.74) is 0. The lowest BCUT2D eigenvalue weighted by Crippen LogP contribution is -2.25. The topological polar surface area (TPSA) is 55.6 Å². The normalized spacial score (nSPS) is 23.8. The molecule has 0 amide bonds. The van der Waals surface area contributed by atoms with Gasteiger partial charge in [0, 0.05) is 13.7 Å². The van der Waals surface area contributed by atoms with Crippen LogP contribution in [-0.2, 0) is 4.74 Å². The van der Waals surface area contributed by atoms with Gasteiger partial charge in [0.05, 0.1) is 11.1 Å². The third-order valence-electron chi connectivity index (χ3n) is 1.89. The number of rotatable bonds is 3. The van der Waals surface area contributed by atoms with Gasteiger partial charge in [-0.25, -0.2) is 0 Å². The molecule has 0 unspecified atom stereocenters. The third-order valence-corrected chi connectivity index (χ3v) is 1.89. The first-order valence-electron chi connectivity index (χ1n) is 3.84. The van der Waals surface area contributed by atoms with Crippen LogP contribution in [0.1, 0.15) is 12.8 Å². The Hall–Kier alpha value is -1.10. The summed E-state index contributed by atoms with van der Waals surface area (Å²) in [6.45, 7) is 0.836. The number of likely N-dealkylation sites (tertiary alicyclic amines) is 1. The van der Waals surface area contributed by atoms with E-state index in [1.807, 2.05) is 4.90 Å². The third kappa shape index (κ3) is 2.20. The van der Waals surface area contributed by atoms with E-state index in [-0.39, 0.29) is 6.23 Å². The lowest BCUT2D eigenvalue weighted by molar-refractivity contribution is -0.403. The smallest absolute Gasteiger partial charge is 0.250 e. The van der Waals surface area contributed by atoms with Crippen molar-refractivity contribution in [3.8, 4) is 0 Å². The summed E-state index contributed by atoms with van der Waals surface area (Å²) in [6, 6.07) is 0. The van der Waals surface area contributed by atoms with E-state index in [0.29, 0.717) is 0 Å². The number of hydrogen-bond donors (Lipinski definition) is 0. The molecule has 0 aromatic rings. The first-order chi connectivity index (χ1) is 5.74. The lowest BCUT2D eigenvalue weighted by atomic mass is 10.4. The van der Waals surface area contributed by atoms with Crippen LogP contribution in [0.3, 0.4) is 0 Å². The second-order valence-electron chi connectivity index (χ2n) is 2.65. The van der Waals surface area contributed by atoms with Gasteiger partial charge in [0.2, 0.25) is 6.20 Å². The highest BCUT2D eigenvalue weighted by atomic mass is 16.6. The molecule has 1 atom stereocenters. The zero-order valence-corrected chi connectivity index (χ0v) is 6.97. The van der Waals surface area contributed by atoms with Crippen LogP contribution in [0.25, 0.3) is 0 Å². The van der Waals surface area contributed by atoms with Gasteiger partial charge in [0.25, 0.3) is 0 Å². The molecule has 0 N–H and O–H groups in total. The van der Waals surface area contributed by atoms with Gasteiger partial charge in [-0.05, 0) is 12.8 Å². The fraction of sp³-hybridized carbons (Fsp3) is 0.714. The molecule has 0 aromatic carbocycles. The Morgan fingerprint density at radius 3 is 3.08 bits per heavy atom. The van der Waals surface area contributed by atoms with Crippen molar-refractivity contribution in [2.24, 2.45) is 0 Å². The molecule has 0 saturated carbocycles. The Morgan fingerprint density at radius 1 is 1.75 bits per heavy atom. The van der Waals surface area contributed by atoms with E-state index < -0.39 is 4.92 Å². The molecule has 0 spiro atoms. The van der Waals surface area contributed by atoms with Crippen molar-refractivity contribution >= 4 is 0 Å². The Balaban J connectivity index is 2.45. The Labute approximate surface area is 70.8 Å². The quantitative estimate of drug-likeness (QED) is 0.466. The first kappa shape index (κ1) is 8.99. The highest BCUT2D eigenvalue weighted by Crippen LogP contribution is 2.17. The molecule has 0 aliphatic carbocycles. The zero-order chi connectivity index (χ0) is 8.97. The number of nitrogens with zero attached hydrogens (tertiary/aromatic N) is 2. The summed E-state index contributed by atoms with van der Waals surface area (Å²) >= 11 is 0. The van der Waals surface area contributed by atoms with Crippen molar-refractivity contribution < 1.29 is 9.66 Å². The van der Waals surface area contributed by atoms with Gasteiger partial charge in [-0.15, -0.1) is 0 Å². The van der Waals surface area contributed by atoms with E-state index in [1.165, 1.54) is 6.20 Å². The van der Waals surface area contributed by atoms with Crippen LogP contribution in [-0.4, -0.2) is 29.7 Å². The molecule has 0 aromatic heterocycles. The van der Waals surface area contributed by atoms with Crippen molar-refractivity contribution in [2.45, 2.75) is 19.1 Å². The minimum atomic E-state index is -0.467. The molecular formula is C7H12N2O3. The van der Waals surface area contributed by atoms with Crippen LogP contribution in [0, 0.1) is 10.1 Å². The van der Waals surface area contributed by atoms with Gasteiger partial charge in [-0.3, -0.25) is 10.1 Å². The average molecular weight is 172 g/mol.